The van der Waals surface area contributed by atoms with E-state index in [4.69, 9.17) is 26.2 Å². The highest BCUT2D eigenvalue weighted by Gasteiger charge is 2.45. The molecule has 2 amide bonds. The number of carbonyl (C=O) groups is 3. The van der Waals surface area contributed by atoms with Crippen LogP contribution in [0.1, 0.15) is 56.0 Å². The molecular weight excluding hydrogens is 577 g/mol. The Bertz CT molecular complexity index is 1590. The van der Waals surface area contributed by atoms with Gasteiger partial charge in [0.1, 0.15) is 23.4 Å². The Hall–Kier alpha value is -4.18. The van der Waals surface area contributed by atoms with Crippen LogP contribution in [-0.2, 0) is 9.59 Å². The maximum Gasteiger partial charge on any atom is 0.307 e. The molecular formula is C32H33ClFN3O6. The largest absolute Gasteiger partial charge is 0.489 e. The van der Waals surface area contributed by atoms with E-state index in [1.54, 1.807) is 54.8 Å². The summed E-state index contributed by atoms with van der Waals surface area (Å²) in [4.78, 5) is 45.4. The number of piperidine rings is 1. The number of hydrogen-bond donors (Lipinski definition) is 1. The van der Waals surface area contributed by atoms with E-state index >= 15 is 4.39 Å². The lowest BCUT2D eigenvalue weighted by Crippen LogP contribution is -2.58. The molecule has 3 aromatic rings. The van der Waals surface area contributed by atoms with Crippen molar-refractivity contribution in [2.24, 2.45) is 0 Å². The predicted molar refractivity (Wildman–Crippen MR) is 159 cm³/mol. The molecule has 2 aliphatic heterocycles. The number of ether oxygens (including phenoxy) is 2. The van der Waals surface area contributed by atoms with Crippen LogP contribution in [0.15, 0.2) is 48.7 Å². The van der Waals surface area contributed by atoms with Crippen LogP contribution in [0.3, 0.4) is 0 Å². The summed E-state index contributed by atoms with van der Waals surface area (Å²) in [6.45, 7) is 7.58. The van der Waals surface area contributed by atoms with E-state index < -0.39 is 29.4 Å². The molecule has 1 aromatic heterocycles. The van der Waals surface area contributed by atoms with Gasteiger partial charge in [-0.3, -0.25) is 14.4 Å². The quantitative estimate of drug-likeness (QED) is 0.355. The number of pyridine rings is 1. The first kappa shape index (κ1) is 30.3. The van der Waals surface area contributed by atoms with Gasteiger partial charge in [0.05, 0.1) is 17.0 Å². The van der Waals surface area contributed by atoms with Crippen molar-refractivity contribution in [3.05, 3.63) is 70.6 Å². The number of aryl methyl sites for hydroxylation is 1. The molecule has 43 heavy (non-hydrogen) atoms. The first-order valence-electron chi connectivity index (χ1n) is 14.1. The number of carbonyl (C=O) groups excluding carboxylic acids is 2. The van der Waals surface area contributed by atoms with E-state index in [1.807, 2.05) is 13.0 Å². The van der Waals surface area contributed by atoms with Gasteiger partial charge in [0.25, 0.3) is 11.8 Å². The summed E-state index contributed by atoms with van der Waals surface area (Å²) in [7, 11) is 0. The summed E-state index contributed by atoms with van der Waals surface area (Å²) in [5.74, 6) is -1.54. The maximum absolute atomic E-state index is 15.4. The minimum Gasteiger partial charge on any atom is -0.489 e. The number of likely N-dealkylation sites (tertiary alicyclic amines) is 1. The number of carboxylic acids is 1. The number of rotatable bonds is 7. The summed E-state index contributed by atoms with van der Waals surface area (Å²) >= 11 is 6.18. The molecule has 3 heterocycles. The molecule has 0 saturated carbocycles. The Balaban J connectivity index is 1.31. The SMILES string of the molecule is Cc1ccc(-c2ccc(C(=O)N3CCC(N4C(=O)C(C)(C)Oc5ncc(Cl)cc54)CC3)c(F)c2)c(O[C@H](C)CC(=O)O)c1. The molecule has 0 aliphatic carbocycles. The average Bonchev–Trinajstić information content (AvgIpc) is 2.93. The van der Waals surface area contributed by atoms with E-state index in [0.29, 0.717) is 59.4 Å². The first-order chi connectivity index (χ1) is 20.3. The van der Waals surface area contributed by atoms with E-state index in [1.165, 1.54) is 18.3 Å². The van der Waals surface area contributed by atoms with Gasteiger partial charge >= 0.3 is 5.97 Å². The minimum absolute atomic E-state index is 0.0547. The monoisotopic (exact) mass is 609 g/mol. The van der Waals surface area contributed by atoms with Crippen LogP contribution in [0.4, 0.5) is 10.1 Å². The van der Waals surface area contributed by atoms with Crippen molar-refractivity contribution in [2.45, 2.75) is 64.7 Å². The summed E-state index contributed by atoms with van der Waals surface area (Å²) in [6.07, 6.45) is 1.67. The molecule has 1 N–H and O–H groups in total. The van der Waals surface area contributed by atoms with Crippen LogP contribution in [0.25, 0.3) is 11.1 Å². The molecule has 1 fully saturated rings. The second-order valence-corrected chi connectivity index (χ2v) is 11.9. The van der Waals surface area contributed by atoms with Gasteiger partial charge in [-0.1, -0.05) is 29.8 Å². The van der Waals surface area contributed by atoms with Gasteiger partial charge in [-0.15, -0.1) is 0 Å². The lowest BCUT2D eigenvalue weighted by Gasteiger charge is -2.44. The fourth-order valence-corrected chi connectivity index (χ4v) is 5.69. The predicted octanol–water partition coefficient (Wildman–Crippen LogP) is 5.90. The van der Waals surface area contributed by atoms with E-state index in [9.17, 15) is 14.4 Å². The Labute approximate surface area is 254 Å². The number of fused-ring (bicyclic) bond motifs is 1. The Kier molecular flexibility index (Phi) is 8.34. The molecule has 0 bridgehead atoms. The standard InChI is InChI=1S/C32H33ClFN3O6/c1-18-5-7-23(27(13-18)42-19(2)14-28(38)39)20-6-8-24(25(34)15-20)30(40)36-11-9-22(10-12-36)37-26-16-21(33)17-35-29(26)43-32(3,4)31(37)41/h5-8,13,15-17,19,22H,9-12,14H2,1-4H3,(H,38,39)/t19-/m1/s1. The molecule has 9 nitrogen and oxygen atoms in total. The molecule has 2 aromatic carbocycles. The molecule has 0 radical (unpaired) electrons. The van der Waals surface area contributed by atoms with Crippen molar-refractivity contribution in [2.75, 3.05) is 18.0 Å². The number of hydrogen-bond acceptors (Lipinski definition) is 6. The number of amides is 2. The third-order valence-electron chi connectivity index (χ3n) is 7.70. The number of benzene rings is 2. The van der Waals surface area contributed by atoms with Gasteiger partial charge in [-0.2, -0.15) is 0 Å². The van der Waals surface area contributed by atoms with Gasteiger partial charge < -0.3 is 24.4 Å². The number of carboxylic acid groups (broad SMARTS) is 1. The number of anilines is 1. The zero-order valence-electron chi connectivity index (χ0n) is 24.4. The number of aliphatic carboxylic acids is 1. The fraction of sp³-hybridized carbons (Fsp3) is 0.375. The smallest absolute Gasteiger partial charge is 0.307 e. The Morgan fingerprint density at radius 1 is 1.19 bits per heavy atom. The number of aromatic nitrogens is 1. The van der Waals surface area contributed by atoms with Crippen molar-refractivity contribution in [1.82, 2.24) is 9.88 Å². The summed E-state index contributed by atoms with van der Waals surface area (Å²) in [6, 6.07) is 11.3. The normalized spacial score (nSPS) is 17.2. The Morgan fingerprint density at radius 2 is 1.91 bits per heavy atom. The van der Waals surface area contributed by atoms with Crippen molar-refractivity contribution in [1.29, 1.82) is 0 Å². The number of halogens is 2. The molecule has 1 atom stereocenters. The number of nitrogens with zero attached hydrogens (tertiary/aromatic N) is 3. The third-order valence-corrected chi connectivity index (χ3v) is 7.91. The molecule has 0 unspecified atom stereocenters. The van der Waals surface area contributed by atoms with Crippen LogP contribution in [0.2, 0.25) is 5.02 Å². The zero-order chi connectivity index (χ0) is 31.1. The lowest BCUT2D eigenvalue weighted by molar-refractivity contribution is -0.138. The van der Waals surface area contributed by atoms with Crippen molar-refractivity contribution < 1.29 is 33.4 Å². The molecule has 226 valence electrons. The van der Waals surface area contributed by atoms with Crippen LogP contribution in [0, 0.1) is 12.7 Å². The fourth-order valence-electron chi connectivity index (χ4n) is 5.54. The average molecular weight is 610 g/mol. The Morgan fingerprint density at radius 3 is 2.58 bits per heavy atom. The van der Waals surface area contributed by atoms with Gasteiger partial charge in [0.15, 0.2) is 5.60 Å². The first-order valence-corrected chi connectivity index (χ1v) is 14.5. The van der Waals surface area contributed by atoms with Gasteiger partial charge in [-0.25, -0.2) is 9.37 Å². The summed E-state index contributed by atoms with van der Waals surface area (Å²) in [5.41, 5.74) is 1.34. The van der Waals surface area contributed by atoms with Crippen molar-refractivity contribution in [3.8, 4) is 22.8 Å². The lowest BCUT2D eigenvalue weighted by atomic mass is 9.96. The highest BCUT2D eigenvalue weighted by Crippen LogP contribution is 2.40. The van der Waals surface area contributed by atoms with E-state index in [2.05, 4.69) is 4.98 Å². The topological polar surface area (TPSA) is 109 Å². The van der Waals surface area contributed by atoms with E-state index in [0.717, 1.165) is 5.56 Å². The maximum atomic E-state index is 15.4. The molecule has 5 rings (SSSR count). The molecule has 0 spiro atoms. The zero-order valence-corrected chi connectivity index (χ0v) is 25.2. The second-order valence-electron chi connectivity index (χ2n) is 11.5. The molecule has 2 aliphatic rings. The van der Waals surface area contributed by atoms with E-state index in [-0.39, 0.29) is 23.9 Å². The van der Waals surface area contributed by atoms with Crippen LogP contribution in [0.5, 0.6) is 11.6 Å². The van der Waals surface area contributed by atoms with Crippen molar-refractivity contribution in [3.63, 3.8) is 0 Å². The minimum atomic E-state index is -1.11. The molecule has 1 saturated heterocycles. The van der Waals surface area contributed by atoms with Crippen LogP contribution < -0.4 is 14.4 Å². The molecule has 11 heteroatoms. The summed E-state index contributed by atoms with van der Waals surface area (Å²) < 4.78 is 27.2. The van der Waals surface area contributed by atoms with Crippen molar-refractivity contribution >= 4 is 35.1 Å². The van der Waals surface area contributed by atoms with Gasteiger partial charge in [0.2, 0.25) is 5.88 Å². The van der Waals surface area contributed by atoms with Crippen LogP contribution >= 0.6 is 11.6 Å². The van der Waals surface area contributed by atoms with Crippen LogP contribution in [-0.4, -0.2) is 63.6 Å². The summed E-state index contributed by atoms with van der Waals surface area (Å²) in [5, 5.41) is 9.48. The second kappa shape index (κ2) is 11.8. The van der Waals surface area contributed by atoms with Gasteiger partial charge in [0, 0.05) is 30.9 Å². The van der Waals surface area contributed by atoms with Gasteiger partial charge in [-0.05, 0) is 75.9 Å². The highest BCUT2D eigenvalue weighted by molar-refractivity contribution is 6.31. The third kappa shape index (κ3) is 6.29. The highest BCUT2D eigenvalue weighted by atomic mass is 35.5.